The Morgan fingerprint density at radius 3 is 2.20 bits per heavy atom. The summed E-state index contributed by atoms with van der Waals surface area (Å²) in [5.41, 5.74) is 6.38. The lowest BCUT2D eigenvalue weighted by Crippen LogP contribution is -2.56. The number of nitrogens with zero attached hydrogens (tertiary/aromatic N) is 3. The van der Waals surface area contributed by atoms with Gasteiger partial charge in [-0.3, -0.25) is 19.4 Å². The lowest BCUT2D eigenvalue weighted by atomic mass is 9.71. The summed E-state index contributed by atoms with van der Waals surface area (Å²) in [5, 5.41) is 5.86. The SMILES string of the molecule is CC(=O)Nc1ccc(CNC(=O)c2ccc3n2CCN(Cc2ccc(C4(N(C)C)COC4)cc2)C32CCC2)cc1. The number of ether oxygens (including phenoxy) is 1. The van der Waals surface area contributed by atoms with Gasteiger partial charge in [0.2, 0.25) is 5.91 Å². The Balaban J connectivity index is 1.13. The number of benzene rings is 2. The van der Waals surface area contributed by atoms with Crippen molar-refractivity contribution < 1.29 is 14.3 Å². The second kappa shape index (κ2) is 10.5. The zero-order chi connectivity index (χ0) is 27.9. The van der Waals surface area contributed by atoms with E-state index in [9.17, 15) is 9.59 Å². The molecule has 0 unspecified atom stereocenters. The fourth-order valence-electron chi connectivity index (χ4n) is 6.53. The molecule has 1 aliphatic carbocycles. The largest absolute Gasteiger partial charge is 0.377 e. The molecule has 3 heterocycles. The van der Waals surface area contributed by atoms with Gasteiger partial charge in [-0.15, -0.1) is 0 Å². The first-order valence-electron chi connectivity index (χ1n) is 14.3. The monoisotopic (exact) mass is 541 g/mol. The first-order valence-corrected chi connectivity index (χ1v) is 14.3. The van der Waals surface area contributed by atoms with Crippen molar-refractivity contribution in [2.75, 3.05) is 39.2 Å². The molecule has 0 bridgehead atoms. The Bertz CT molecular complexity index is 1380. The second-order valence-corrected chi connectivity index (χ2v) is 11.7. The molecule has 8 heteroatoms. The predicted molar refractivity (Wildman–Crippen MR) is 155 cm³/mol. The predicted octanol–water partition coefficient (Wildman–Crippen LogP) is 4.06. The zero-order valence-corrected chi connectivity index (χ0v) is 23.7. The van der Waals surface area contributed by atoms with Gasteiger partial charge in [0.25, 0.3) is 5.91 Å². The highest BCUT2D eigenvalue weighted by Crippen LogP contribution is 2.49. The molecule has 40 heavy (non-hydrogen) atoms. The summed E-state index contributed by atoms with van der Waals surface area (Å²) in [5.74, 6) is -0.150. The second-order valence-electron chi connectivity index (χ2n) is 11.7. The minimum absolute atomic E-state index is 0.00165. The topological polar surface area (TPSA) is 78.8 Å². The third kappa shape index (κ3) is 4.64. The Morgan fingerprint density at radius 2 is 1.62 bits per heavy atom. The van der Waals surface area contributed by atoms with Crippen molar-refractivity contribution in [1.29, 1.82) is 0 Å². The highest BCUT2D eigenvalue weighted by molar-refractivity contribution is 5.93. The lowest BCUT2D eigenvalue weighted by molar-refractivity contribution is -0.130. The van der Waals surface area contributed by atoms with Gasteiger partial charge in [-0.2, -0.15) is 0 Å². The van der Waals surface area contributed by atoms with Crippen molar-refractivity contribution >= 4 is 17.5 Å². The van der Waals surface area contributed by atoms with Crippen molar-refractivity contribution in [2.45, 2.75) is 56.9 Å². The number of anilines is 1. The van der Waals surface area contributed by atoms with Crippen LogP contribution >= 0.6 is 0 Å². The molecule has 2 N–H and O–H groups in total. The molecule has 1 saturated heterocycles. The Labute approximate surface area is 236 Å². The van der Waals surface area contributed by atoms with Crippen LogP contribution in [0.5, 0.6) is 0 Å². The van der Waals surface area contributed by atoms with Crippen LogP contribution in [0.25, 0.3) is 0 Å². The summed E-state index contributed by atoms with van der Waals surface area (Å²) in [6, 6.07) is 20.8. The highest BCUT2D eigenvalue weighted by atomic mass is 16.5. The molecule has 3 aromatic rings. The summed E-state index contributed by atoms with van der Waals surface area (Å²) < 4.78 is 7.81. The third-order valence-corrected chi connectivity index (χ3v) is 9.20. The van der Waals surface area contributed by atoms with Crippen LogP contribution in [0.1, 0.15) is 59.1 Å². The minimum Gasteiger partial charge on any atom is -0.377 e. The molecule has 8 nitrogen and oxygen atoms in total. The number of aromatic nitrogens is 1. The molecule has 3 aliphatic rings. The third-order valence-electron chi connectivity index (χ3n) is 9.20. The number of likely N-dealkylation sites (N-methyl/N-ethyl adjacent to an activating group) is 1. The van der Waals surface area contributed by atoms with Gasteiger partial charge in [-0.25, -0.2) is 0 Å². The van der Waals surface area contributed by atoms with Crippen LogP contribution in [0.15, 0.2) is 60.7 Å². The van der Waals surface area contributed by atoms with E-state index in [1.54, 1.807) is 0 Å². The maximum Gasteiger partial charge on any atom is 0.268 e. The molecule has 2 amide bonds. The Morgan fingerprint density at radius 1 is 0.925 bits per heavy atom. The summed E-state index contributed by atoms with van der Waals surface area (Å²) in [4.78, 5) is 29.4. The van der Waals surface area contributed by atoms with Crippen LogP contribution in [-0.2, 0) is 40.2 Å². The van der Waals surface area contributed by atoms with Gasteiger partial charge in [0.05, 0.1) is 24.3 Å². The van der Waals surface area contributed by atoms with Gasteiger partial charge in [0.1, 0.15) is 5.69 Å². The number of carbonyl (C=O) groups excluding carboxylic acids is 2. The van der Waals surface area contributed by atoms with Crippen molar-refractivity contribution in [2.24, 2.45) is 0 Å². The van der Waals surface area contributed by atoms with E-state index in [0.717, 1.165) is 62.6 Å². The molecular formula is C32H39N5O3. The smallest absolute Gasteiger partial charge is 0.268 e. The van der Waals surface area contributed by atoms with Gasteiger partial charge in [-0.05, 0) is 74.3 Å². The average Bonchev–Trinajstić information content (AvgIpc) is 3.31. The first-order chi connectivity index (χ1) is 19.3. The van der Waals surface area contributed by atoms with Gasteiger partial charge in [0, 0.05) is 44.5 Å². The maximum atomic E-state index is 13.2. The van der Waals surface area contributed by atoms with Crippen LogP contribution in [0.2, 0.25) is 0 Å². The molecule has 2 fully saturated rings. The van der Waals surface area contributed by atoms with Crippen molar-refractivity contribution in [1.82, 2.24) is 19.7 Å². The maximum absolute atomic E-state index is 13.2. The summed E-state index contributed by atoms with van der Waals surface area (Å²) >= 11 is 0. The fraction of sp³-hybridized carbons (Fsp3) is 0.438. The van der Waals surface area contributed by atoms with Crippen molar-refractivity contribution in [3.05, 3.63) is 88.7 Å². The van der Waals surface area contributed by atoms with Crippen LogP contribution in [0.4, 0.5) is 5.69 Å². The van der Waals surface area contributed by atoms with Crippen LogP contribution in [0.3, 0.4) is 0 Å². The molecular weight excluding hydrogens is 502 g/mol. The Kier molecular flexibility index (Phi) is 7.02. The number of amides is 2. The molecule has 1 saturated carbocycles. The summed E-state index contributed by atoms with van der Waals surface area (Å²) in [7, 11) is 4.25. The number of hydrogen-bond donors (Lipinski definition) is 2. The summed E-state index contributed by atoms with van der Waals surface area (Å²) in [6.07, 6.45) is 3.46. The van der Waals surface area contributed by atoms with Gasteiger partial charge < -0.3 is 19.9 Å². The average molecular weight is 542 g/mol. The quantitative estimate of drug-likeness (QED) is 0.450. The van der Waals surface area contributed by atoms with E-state index in [1.807, 2.05) is 30.3 Å². The Hall–Kier alpha value is -3.46. The zero-order valence-electron chi connectivity index (χ0n) is 23.7. The van der Waals surface area contributed by atoms with Gasteiger partial charge >= 0.3 is 0 Å². The molecule has 1 aromatic heterocycles. The molecule has 2 aliphatic heterocycles. The molecule has 6 rings (SSSR count). The normalized spacial score (nSPS) is 19.0. The van der Waals surface area contributed by atoms with Crippen LogP contribution < -0.4 is 10.6 Å². The van der Waals surface area contributed by atoms with E-state index < -0.39 is 0 Å². The molecule has 0 atom stereocenters. The van der Waals surface area contributed by atoms with Crippen molar-refractivity contribution in [3.63, 3.8) is 0 Å². The summed E-state index contributed by atoms with van der Waals surface area (Å²) in [6.45, 7) is 6.05. The van der Waals surface area contributed by atoms with Gasteiger partial charge in [-0.1, -0.05) is 36.4 Å². The number of nitrogens with one attached hydrogen (secondary N) is 2. The van der Waals surface area contributed by atoms with E-state index in [2.05, 4.69) is 69.4 Å². The fourth-order valence-corrected chi connectivity index (χ4v) is 6.53. The number of fused-ring (bicyclic) bond motifs is 2. The number of rotatable bonds is 8. The van der Waals surface area contributed by atoms with E-state index >= 15 is 0 Å². The first kappa shape index (κ1) is 26.7. The standard InChI is InChI=1S/C32H39N5O3/c1-23(38)34-27-11-7-24(8-12-27)19-33-30(39)28-13-14-29-31(15-4-16-31)36(17-18-37(28)29)20-25-5-9-26(10-6-25)32(35(2)3)21-40-22-32/h5-14H,4,15-22H2,1-3H3,(H,33,39)(H,34,38). The lowest BCUT2D eigenvalue weighted by Gasteiger charge is -2.54. The van der Waals surface area contributed by atoms with E-state index in [4.69, 9.17) is 4.74 Å². The van der Waals surface area contributed by atoms with Crippen LogP contribution in [0, 0.1) is 0 Å². The highest BCUT2D eigenvalue weighted by Gasteiger charge is 2.48. The minimum atomic E-state index is -0.0998. The molecule has 0 radical (unpaired) electrons. The van der Waals surface area contributed by atoms with E-state index in [1.165, 1.54) is 30.2 Å². The number of carbonyl (C=O) groups is 2. The van der Waals surface area contributed by atoms with E-state index in [-0.39, 0.29) is 22.9 Å². The molecule has 2 aromatic carbocycles. The molecule has 1 spiro atoms. The number of hydrogen-bond acceptors (Lipinski definition) is 5. The molecule has 210 valence electrons. The van der Waals surface area contributed by atoms with Crippen molar-refractivity contribution in [3.8, 4) is 0 Å². The van der Waals surface area contributed by atoms with Gasteiger partial charge in [0.15, 0.2) is 0 Å². The van der Waals surface area contributed by atoms with Crippen LogP contribution in [-0.4, -0.2) is 60.0 Å². The van der Waals surface area contributed by atoms with E-state index in [0.29, 0.717) is 6.54 Å².